The minimum absolute atomic E-state index is 0.277. The molecule has 0 aliphatic rings. The largest absolute Gasteiger partial charge is 0.374 e. The zero-order valence-corrected chi connectivity index (χ0v) is 6.21. The van der Waals surface area contributed by atoms with Crippen LogP contribution in [0.5, 0.6) is 0 Å². The standard InChI is InChI=1S/C8H10FNO/c1-6(11)10-8-4-2-7(9)3-5-8/h2-6,10-11H,1H3/t6-/m0/s1. The fourth-order valence-corrected chi connectivity index (χ4v) is 0.787. The van der Waals surface area contributed by atoms with Crippen LogP contribution >= 0.6 is 0 Å². The molecule has 2 N–H and O–H groups in total. The van der Waals surface area contributed by atoms with Crippen molar-refractivity contribution in [2.45, 2.75) is 13.2 Å². The van der Waals surface area contributed by atoms with E-state index in [1.807, 2.05) is 0 Å². The number of aliphatic hydroxyl groups is 1. The molecule has 1 rings (SSSR count). The first-order valence-corrected chi connectivity index (χ1v) is 3.38. The predicted molar refractivity (Wildman–Crippen MR) is 41.7 cm³/mol. The zero-order chi connectivity index (χ0) is 8.27. The normalized spacial score (nSPS) is 12.6. The van der Waals surface area contributed by atoms with Crippen LogP contribution in [0.3, 0.4) is 0 Å². The first-order chi connectivity index (χ1) is 5.18. The third-order valence-electron chi connectivity index (χ3n) is 1.22. The van der Waals surface area contributed by atoms with Gasteiger partial charge in [-0.15, -0.1) is 0 Å². The van der Waals surface area contributed by atoms with Crippen molar-refractivity contribution in [3.63, 3.8) is 0 Å². The fourth-order valence-electron chi connectivity index (χ4n) is 0.787. The Morgan fingerprint density at radius 2 is 1.91 bits per heavy atom. The maximum Gasteiger partial charge on any atom is 0.123 e. The van der Waals surface area contributed by atoms with E-state index >= 15 is 0 Å². The van der Waals surface area contributed by atoms with E-state index in [4.69, 9.17) is 5.11 Å². The summed E-state index contributed by atoms with van der Waals surface area (Å²) in [6, 6.07) is 5.82. The van der Waals surface area contributed by atoms with E-state index in [0.717, 1.165) is 0 Å². The average molecular weight is 155 g/mol. The van der Waals surface area contributed by atoms with Crippen LogP contribution < -0.4 is 5.32 Å². The van der Waals surface area contributed by atoms with Crippen LogP contribution in [0.15, 0.2) is 24.3 Å². The van der Waals surface area contributed by atoms with E-state index in [2.05, 4.69) is 5.32 Å². The maximum atomic E-state index is 12.3. The van der Waals surface area contributed by atoms with Gasteiger partial charge in [-0.1, -0.05) is 0 Å². The average Bonchev–Trinajstić information content (AvgIpc) is 1.93. The minimum Gasteiger partial charge on any atom is -0.374 e. The summed E-state index contributed by atoms with van der Waals surface area (Å²) in [7, 11) is 0. The van der Waals surface area contributed by atoms with Gasteiger partial charge in [0.15, 0.2) is 0 Å². The van der Waals surface area contributed by atoms with Crippen LogP contribution in [0, 0.1) is 5.82 Å². The van der Waals surface area contributed by atoms with Crippen LogP contribution in [0.25, 0.3) is 0 Å². The van der Waals surface area contributed by atoms with Gasteiger partial charge in [-0.05, 0) is 31.2 Å². The highest BCUT2D eigenvalue weighted by atomic mass is 19.1. The molecular weight excluding hydrogens is 145 g/mol. The molecule has 2 nitrogen and oxygen atoms in total. The molecule has 1 atom stereocenters. The summed E-state index contributed by atoms with van der Waals surface area (Å²) in [4.78, 5) is 0. The molecule has 1 aromatic carbocycles. The highest BCUT2D eigenvalue weighted by molar-refractivity contribution is 5.42. The summed E-state index contributed by atoms with van der Waals surface area (Å²) in [6.45, 7) is 1.60. The number of halogens is 1. The molecule has 60 valence electrons. The topological polar surface area (TPSA) is 32.3 Å². The van der Waals surface area contributed by atoms with E-state index in [1.54, 1.807) is 19.1 Å². The lowest BCUT2D eigenvalue weighted by Gasteiger charge is -2.07. The number of hydrogen-bond acceptors (Lipinski definition) is 2. The first kappa shape index (κ1) is 8.01. The molecule has 0 unspecified atom stereocenters. The smallest absolute Gasteiger partial charge is 0.123 e. The summed E-state index contributed by atoms with van der Waals surface area (Å²) in [5.41, 5.74) is 0.710. The molecule has 0 spiro atoms. The molecule has 3 heteroatoms. The van der Waals surface area contributed by atoms with E-state index in [0.29, 0.717) is 5.69 Å². The molecule has 0 saturated carbocycles. The highest BCUT2D eigenvalue weighted by Crippen LogP contribution is 2.08. The van der Waals surface area contributed by atoms with Crippen LogP contribution in [-0.2, 0) is 0 Å². The molecule has 0 fully saturated rings. The fraction of sp³-hybridized carbons (Fsp3) is 0.250. The minimum atomic E-state index is -0.611. The second kappa shape index (κ2) is 3.34. The third kappa shape index (κ3) is 2.55. The summed E-state index contributed by atoms with van der Waals surface area (Å²) in [6.07, 6.45) is -0.611. The molecule has 0 aliphatic heterocycles. The summed E-state index contributed by atoms with van der Waals surface area (Å²) < 4.78 is 12.3. The predicted octanol–water partition coefficient (Wildman–Crippen LogP) is 1.58. The molecule has 0 amide bonds. The van der Waals surface area contributed by atoms with Crippen molar-refractivity contribution in [2.75, 3.05) is 5.32 Å². The number of rotatable bonds is 2. The number of hydrogen-bond donors (Lipinski definition) is 2. The highest BCUT2D eigenvalue weighted by Gasteiger charge is 1.94. The van der Waals surface area contributed by atoms with Gasteiger partial charge in [-0.25, -0.2) is 4.39 Å². The maximum absolute atomic E-state index is 12.3. The van der Waals surface area contributed by atoms with Crippen molar-refractivity contribution < 1.29 is 9.50 Å². The van der Waals surface area contributed by atoms with E-state index in [1.165, 1.54) is 12.1 Å². The molecule has 11 heavy (non-hydrogen) atoms. The first-order valence-electron chi connectivity index (χ1n) is 3.38. The number of nitrogens with one attached hydrogen (secondary N) is 1. The molecule has 0 bridgehead atoms. The Labute approximate surface area is 64.7 Å². The van der Waals surface area contributed by atoms with Crippen LogP contribution in [0.1, 0.15) is 6.92 Å². The molecule has 1 aromatic rings. The molecular formula is C8H10FNO. The van der Waals surface area contributed by atoms with Crippen molar-refractivity contribution in [3.05, 3.63) is 30.1 Å². The monoisotopic (exact) mass is 155 g/mol. The van der Waals surface area contributed by atoms with Crippen molar-refractivity contribution in [2.24, 2.45) is 0 Å². The SMILES string of the molecule is C[C@H](O)Nc1ccc(F)cc1. The van der Waals surface area contributed by atoms with Crippen molar-refractivity contribution >= 4 is 5.69 Å². The van der Waals surface area contributed by atoms with Gasteiger partial charge < -0.3 is 10.4 Å². The van der Waals surface area contributed by atoms with Gasteiger partial charge in [-0.3, -0.25) is 0 Å². The Morgan fingerprint density at radius 3 is 2.36 bits per heavy atom. The van der Waals surface area contributed by atoms with Gasteiger partial charge in [0, 0.05) is 5.69 Å². The zero-order valence-electron chi connectivity index (χ0n) is 6.21. The van der Waals surface area contributed by atoms with Gasteiger partial charge in [0.25, 0.3) is 0 Å². The molecule has 0 saturated heterocycles. The van der Waals surface area contributed by atoms with E-state index in [-0.39, 0.29) is 5.82 Å². The van der Waals surface area contributed by atoms with Gasteiger partial charge in [0.2, 0.25) is 0 Å². The van der Waals surface area contributed by atoms with Crippen molar-refractivity contribution in [1.29, 1.82) is 0 Å². The molecule has 0 heterocycles. The second-order valence-electron chi connectivity index (χ2n) is 2.33. The van der Waals surface area contributed by atoms with Gasteiger partial charge in [-0.2, -0.15) is 0 Å². The summed E-state index contributed by atoms with van der Waals surface area (Å²) in [5, 5.41) is 11.6. The number of aliphatic hydroxyl groups excluding tert-OH is 1. The Morgan fingerprint density at radius 1 is 1.36 bits per heavy atom. The lowest BCUT2D eigenvalue weighted by Crippen LogP contribution is -2.12. The molecule has 0 aliphatic carbocycles. The third-order valence-corrected chi connectivity index (χ3v) is 1.22. The second-order valence-corrected chi connectivity index (χ2v) is 2.33. The van der Waals surface area contributed by atoms with Crippen LogP contribution in [-0.4, -0.2) is 11.3 Å². The van der Waals surface area contributed by atoms with Crippen LogP contribution in [0.4, 0.5) is 10.1 Å². The van der Waals surface area contributed by atoms with Gasteiger partial charge >= 0.3 is 0 Å². The Kier molecular flexibility index (Phi) is 2.44. The van der Waals surface area contributed by atoms with Gasteiger partial charge in [0.05, 0.1) is 0 Å². The van der Waals surface area contributed by atoms with Crippen LogP contribution in [0.2, 0.25) is 0 Å². The van der Waals surface area contributed by atoms with Gasteiger partial charge in [0.1, 0.15) is 12.0 Å². The summed E-state index contributed by atoms with van der Waals surface area (Å²) >= 11 is 0. The number of benzene rings is 1. The Bertz CT molecular complexity index is 220. The van der Waals surface area contributed by atoms with E-state index < -0.39 is 6.23 Å². The van der Waals surface area contributed by atoms with Crippen molar-refractivity contribution in [1.82, 2.24) is 0 Å². The lowest BCUT2D eigenvalue weighted by atomic mass is 10.3. The molecule has 0 radical (unpaired) electrons. The Hall–Kier alpha value is -1.09. The van der Waals surface area contributed by atoms with Crippen molar-refractivity contribution in [3.8, 4) is 0 Å². The van der Waals surface area contributed by atoms with E-state index in [9.17, 15) is 4.39 Å². The summed E-state index contributed by atoms with van der Waals surface area (Å²) in [5.74, 6) is -0.277. The Balaban J connectivity index is 2.66. The number of anilines is 1. The lowest BCUT2D eigenvalue weighted by molar-refractivity contribution is 0.224. The quantitative estimate of drug-likeness (QED) is 0.635. The molecule has 0 aromatic heterocycles.